The summed E-state index contributed by atoms with van der Waals surface area (Å²) in [6.07, 6.45) is 3.52. The molecule has 1 aromatic heterocycles. The van der Waals surface area contributed by atoms with Crippen LogP contribution in [-0.4, -0.2) is 23.3 Å². The van der Waals surface area contributed by atoms with Gasteiger partial charge in [-0.1, -0.05) is 0 Å². The van der Waals surface area contributed by atoms with Crippen molar-refractivity contribution >= 4 is 23.4 Å². The molecular weight excluding hydrogens is 284 g/mol. The maximum Gasteiger partial charge on any atom is 0.234 e. The maximum absolute atomic E-state index is 11.8. The second kappa shape index (κ2) is 8.32. The van der Waals surface area contributed by atoms with Crippen molar-refractivity contribution in [2.24, 2.45) is 0 Å². The van der Waals surface area contributed by atoms with E-state index in [-0.39, 0.29) is 5.91 Å². The Labute approximate surface area is 128 Å². The highest BCUT2D eigenvalue weighted by Crippen LogP contribution is 2.16. The molecule has 0 aliphatic heterocycles. The highest BCUT2D eigenvalue weighted by atomic mass is 32.2. The minimum absolute atomic E-state index is 0.00165. The summed E-state index contributed by atoms with van der Waals surface area (Å²) < 4.78 is 5.36. The average molecular weight is 302 g/mol. The minimum Gasteiger partial charge on any atom is -0.494 e. The van der Waals surface area contributed by atoms with Crippen molar-refractivity contribution < 1.29 is 9.53 Å². The van der Waals surface area contributed by atoms with Crippen molar-refractivity contribution in [2.45, 2.75) is 12.7 Å². The smallest absolute Gasteiger partial charge is 0.234 e. The van der Waals surface area contributed by atoms with Crippen LogP contribution in [-0.2, 0) is 10.5 Å². The van der Waals surface area contributed by atoms with E-state index < -0.39 is 0 Å². The molecule has 0 aliphatic rings. The maximum atomic E-state index is 11.8. The van der Waals surface area contributed by atoms with Crippen molar-refractivity contribution in [3.63, 3.8) is 0 Å². The van der Waals surface area contributed by atoms with Crippen LogP contribution in [0.5, 0.6) is 5.75 Å². The Morgan fingerprint density at radius 2 is 1.90 bits per heavy atom. The number of aromatic nitrogens is 1. The second-order valence-corrected chi connectivity index (χ2v) is 5.34. The number of hydrogen-bond acceptors (Lipinski definition) is 4. The van der Waals surface area contributed by atoms with E-state index in [2.05, 4.69) is 10.3 Å². The number of anilines is 1. The molecule has 0 atom stereocenters. The van der Waals surface area contributed by atoms with Crippen molar-refractivity contribution in [1.29, 1.82) is 0 Å². The Balaban J connectivity index is 1.74. The van der Waals surface area contributed by atoms with Crippen LogP contribution in [0.3, 0.4) is 0 Å². The van der Waals surface area contributed by atoms with E-state index in [0.29, 0.717) is 12.4 Å². The Kier molecular flexibility index (Phi) is 6.09. The summed E-state index contributed by atoms with van der Waals surface area (Å²) in [6.45, 7) is 2.58. The Morgan fingerprint density at radius 1 is 1.19 bits per heavy atom. The van der Waals surface area contributed by atoms with Crippen molar-refractivity contribution in [3.8, 4) is 5.75 Å². The van der Waals surface area contributed by atoms with Crippen LogP contribution in [0, 0.1) is 0 Å². The fourth-order valence-electron chi connectivity index (χ4n) is 1.74. The molecular formula is C16H18N2O2S. The standard InChI is InChI=1S/C16H18N2O2S/c1-2-20-15-5-3-14(4-6-15)18-16(19)12-21-11-13-7-9-17-10-8-13/h3-10H,2,11-12H2,1H3,(H,18,19). The van der Waals surface area contributed by atoms with Crippen LogP contribution in [0.15, 0.2) is 48.8 Å². The molecule has 0 aliphatic carbocycles. The molecule has 0 spiro atoms. The minimum atomic E-state index is -0.00165. The largest absolute Gasteiger partial charge is 0.494 e. The summed E-state index contributed by atoms with van der Waals surface area (Å²) in [5.41, 5.74) is 1.96. The summed E-state index contributed by atoms with van der Waals surface area (Å²) in [6, 6.07) is 11.3. The van der Waals surface area contributed by atoms with Crippen LogP contribution in [0.4, 0.5) is 5.69 Å². The van der Waals surface area contributed by atoms with E-state index in [4.69, 9.17) is 4.74 Å². The number of carbonyl (C=O) groups excluding carboxylic acids is 1. The molecule has 0 fully saturated rings. The SMILES string of the molecule is CCOc1ccc(NC(=O)CSCc2ccncc2)cc1. The van der Waals surface area contributed by atoms with Gasteiger partial charge in [0.05, 0.1) is 12.4 Å². The number of rotatable bonds is 7. The molecule has 21 heavy (non-hydrogen) atoms. The molecule has 0 saturated carbocycles. The van der Waals surface area contributed by atoms with Gasteiger partial charge in [-0.3, -0.25) is 9.78 Å². The van der Waals surface area contributed by atoms with Crippen molar-refractivity contribution in [1.82, 2.24) is 4.98 Å². The fourth-order valence-corrected chi connectivity index (χ4v) is 2.53. The highest BCUT2D eigenvalue weighted by Gasteiger charge is 2.03. The predicted octanol–water partition coefficient (Wildman–Crippen LogP) is 3.35. The van der Waals surface area contributed by atoms with Gasteiger partial charge < -0.3 is 10.1 Å². The summed E-state index contributed by atoms with van der Waals surface area (Å²) in [5.74, 6) is 2.04. The van der Waals surface area contributed by atoms with Gasteiger partial charge in [0.2, 0.25) is 5.91 Å². The van der Waals surface area contributed by atoms with E-state index in [0.717, 1.165) is 17.2 Å². The lowest BCUT2D eigenvalue weighted by Crippen LogP contribution is -2.14. The molecule has 0 radical (unpaired) electrons. The first-order chi connectivity index (χ1) is 10.3. The number of hydrogen-bond donors (Lipinski definition) is 1. The predicted molar refractivity (Wildman–Crippen MR) is 86.6 cm³/mol. The first-order valence-electron chi connectivity index (χ1n) is 6.77. The Hall–Kier alpha value is -2.01. The second-order valence-electron chi connectivity index (χ2n) is 4.35. The molecule has 5 heteroatoms. The van der Waals surface area contributed by atoms with E-state index in [1.165, 1.54) is 5.56 Å². The van der Waals surface area contributed by atoms with E-state index in [1.807, 2.05) is 43.3 Å². The van der Waals surface area contributed by atoms with Gasteiger partial charge in [-0.2, -0.15) is 0 Å². The lowest BCUT2D eigenvalue weighted by molar-refractivity contribution is -0.113. The number of ether oxygens (including phenoxy) is 1. The third kappa shape index (κ3) is 5.47. The summed E-state index contributed by atoms with van der Waals surface area (Å²) in [4.78, 5) is 15.8. The van der Waals surface area contributed by atoms with Crippen molar-refractivity contribution in [3.05, 3.63) is 54.4 Å². The number of carbonyl (C=O) groups is 1. The zero-order chi connectivity index (χ0) is 14.9. The number of benzene rings is 1. The van der Waals surface area contributed by atoms with Gasteiger partial charge in [0.25, 0.3) is 0 Å². The van der Waals surface area contributed by atoms with E-state index in [1.54, 1.807) is 24.2 Å². The number of amides is 1. The van der Waals surface area contributed by atoms with Gasteiger partial charge in [-0.15, -0.1) is 11.8 Å². The van der Waals surface area contributed by atoms with Crippen LogP contribution >= 0.6 is 11.8 Å². The number of nitrogens with one attached hydrogen (secondary N) is 1. The van der Waals surface area contributed by atoms with Crippen LogP contribution in [0.1, 0.15) is 12.5 Å². The first-order valence-corrected chi connectivity index (χ1v) is 7.92. The van der Waals surface area contributed by atoms with Gasteiger partial charge in [-0.25, -0.2) is 0 Å². The zero-order valence-electron chi connectivity index (χ0n) is 11.9. The zero-order valence-corrected chi connectivity index (χ0v) is 12.7. The van der Waals surface area contributed by atoms with Crippen molar-refractivity contribution in [2.75, 3.05) is 17.7 Å². The number of thioether (sulfide) groups is 1. The quantitative estimate of drug-likeness (QED) is 0.852. The third-order valence-corrected chi connectivity index (χ3v) is 3.70. The molecule has 0 unspecified atom stereocenters. The topological polar surface area (TPSA) is 51.2 Å². The monoisotopic (exact) mass is 302 g/mol. The van der Waals surface area contributed by atoms with Gasteiger partial charge in [-0.05, 0) is 48.9 Å². The lowest BCUT2D eigenvalue weighted by Gasteiger charge is -2.07. The Morgan fingerprint density at radius 3 is 2.57 bits per heavy atom. The van der Waals surface area contributed by atoms with Gasteiger partial charge >= 0.3 is 0 Å². The van der Waals surface area contributed by atoms with Gasteiger partial charge in [0.1, 0.15) is 5.75 Å². The van der Waals surface area contributed by atoms with Crippen LogP contribution in [0.25, 0.3) is 0 Å². The summed E-state index contributed by atoms with van der Waals surface area (Å²) in [7, 11) is 0. The molecule has 0 bridgehead atoms. The molecule has 2 rings (SSSR count). The van der Waals surface area contributed by atoms with E-state index in [9.17, 15) is 4.79 Å². The lowest BCUT2D eigenvalue weighted by atomic mass is 10.3. The molecule has 1 heterocycles. The van der Waals surface area contributed by atoms with Crippen LogP contribution < -0.4 is 10.1 Å². The molecule has 0 saturated heterocycles. The Bertz CT molecular complexity index is 558. The number of nitrogens with zero attached hydrogens (tertiary/aromatic N) is 1. The third-order valence-electron chi connectivity index (χ3n) is 2.70. The van der Waals surface area contributed by atoms with Crippen LogP contribution in [0.2, 0.25) is 0 Å². The molecule has 110 valence electrons. The number of pyridine rings is 1. The normalized spacial score (nSPS) is 10.1. The first kappa shape index (κ1) is 15.4. The average Bonchev–Trinajstić information content (AvgIpc) is 2.51. The van der Waals surface area contributed by atoms with Gasteiger partial charge in [0, 0.05) is 23.8 Å². The highest BCUT2D eigenvalue weighted by molar-refractivity contribution is 7.99. The fraction of sp³-hybridized carbons (Fsp3) is 0.250. The molecule has 2 aromatic rings. The summed E-state index contributed by atoms with van der Waals surface area (Å²) in [5, 5.41) is 2.87. The molecule has 1 N–H and O–H groups in total. The van der Waals surface area contributed by atoms with Gasteiger partial charge in [0.15, 0.2) is 0 Å². The summed E-state index contributed by atoms with van der Waals surface area (Å²) >= 11 is 1.58. The van der Waals surface area contributed by atoms with E-state index >= 15 is 0 Å². The molecule has 1 amide bonds. The molecule has 1 aromatic carbocycles. The molecule has 4 nitrogen and oxygen atoms in total.